The Balaban J connectivity index is 2.16. The summed E-state index contributed by atoms with van der Waals surface area (Å²) in [6.45, 7) is 0. The van der Waals surface area contributed by atoms with Gasteiger partial charge in [0, 0.05) is 6.07 Å². The monoisotopic (exact) mass is 327 g/mol. The summed E-state index contributed by atoms with van der Waals surface area (Å²) in [5.41, 5.74) is 7.23. The van der Waals surface area contributed by atoms with E-state index in [9.17, 15) is 9.50 Å². The van der Waals surface area contributed by atoms with E-state index >= 15 is 0 Å². The first-order valence-corrected chi connectivity index (χ1v) is 7.17. The van der Waals surface area contributed by atoms with Crippen molar-refractivity contribution in [1.29, 1.82) is 0 Å². The van der Waals surface area contributed by atoms with E-state index in [0.717, 1.165) is 31.2 Å². The number of fused-ring (bicyclic) bond motifs is 1. The number of imidazole rings is 1. The molecule has 0 spiro atoms. The Morgan fingerprint density at radius 3 is 2.84 bits per heavy atom. The van der Waals surface area contributed by atoms with Crippen LogP contribution in [0.25, 0.3) is 11.0 Å². The smallest absolute Gasteiger partial charge is 0.201 e. The van der Waals surface area contributed by atoms with Crippen molar-refractivity contribution < 1.29 is 9.50 Å². The van der Waals surface area contributed by atoms with Gasteiger partial charge in [-0.05, 0) is 34.8 Å². The number of nitrogens with two attached hydrogens (primary N) is 1. The maximum Gasteiger partial charge on any atom is 0.201 e. The molecule has 0 aliphatic heterocycles. The fourth-order valence-corrected chi connectivity index (χ4v) is 3.18. The predicted molar refractivity (Wildman–Crippen MR) is 75.3 cm³/mol. The SMILES string of the molecule is Nc1nc2cc(F)c(Br)cc2n1C1CCCCC1O. The molecule has 0 radical (unpaired) electrons. The first-order valence-electron chi connectivity index (χ1n) is 6.38. The molecule has 4 nitrogen and oxygen atoms in total. The van der Waals surface area contributed by atoms with Gasteiger partial charge in [0.1, 0.15) is 5.82 Å². The number of benzene rings is 1. The number of nitrogen functional groups attached to an aromatic ring is 1. The first kappa shape index (κ1) is 12.9. The van der Waals surface area contributed by atoms with Gasteiger partial charge in [-0.1, -0.05) is 12.8 Å². The lowest BCUT2D eigenvalue weighted by Gasteiger charge is -2.29. The Hall–Kier alpha value is -1.14. The molecule has 2 atom stereocenters. The second-order valence-electron chi connectivity index (χ2n) is 5.01. The van der Waals surface area contributed by atoms with Crippen LogP contribution in [0, 0.1) is 5.82 Å². The molecular weight excluding hydrogens is 313 g/mol. The van der Waals surface area contributed by atoms with E-state index in [4.69, 9.17) is 5.73 Å². The average Bonchev–Trinajstić information content (AvgIpc) is 2.66. The number of aromatic nitrogens is 2. The number of rotatable bonds is 1. The molecule has 0 saturated heterocycles. The van der Waals surface area contributed by atoms with Crippen LogP contribution in [0.15, 0.2) is 16.6 Å². The number of aliphatic hydroxyl groups is 1. The molecule has 1 aromatic heterocycles. The van der Waals surface area contributed by atoms with Crippen LogP contribution in [-0.4, -0.2) is 20.8 Å². The largest absolute Gasteiger partial charge is 0.391 e. The van der Waals surface area contributed by atoms with Crippen LogP contribution in [0.4, 0.5) is 10.3 Å². The zero-order valence-electron chi connectivity index (χ0n) is 10.3. The molecule has 2 aromatic rings. The number of nitrogens with zero attached hydrogens (tertiary/aromatic N) is 2. The van der Waals surface area contributed by atoms with Crippen molar-refractivity contribution in [2.24, 2.45) is 0 Å². The van der Waals surface area contributed by atoms with Gasteiger partial charge in [0.25, 0.3) is 0 Å². The first-order chi connectivity index (χ1) is 9.08. The van der Waals surface area contributed by atoms with Gasteiger partial charge >= 0.3 is 0 Å². The maximum absolute atomic E-state index is 13.5. The Morgan fingerprint density at radius 2 is 2.11 bits per heavy atom. The van der Waals surface area contributed by atoms with Crippen LogP contribution in [0.1, 0.15) is 31.7 Å². The maximum atomic E-state index is 13.5. The molecule has 1 aliphatic rings. The van der Waals surface area contributed by atoms with Crippen molar-refractivity contribution in [3.05, 3.63) is 22.4 Å². The van der Waals surface area contributed by atoms with Crippen LogP contribution < -0.4 is 5.73 Å². The summed E-state index contributed by atoms with van der Waals surface area (Å²) < 4.78 is 15.7. The predicted octanol–water partition coefficient (Wildman–Crippen LogP) is 3.00. The number of aliphatic hydroxyl groups excluding tert-OH is 1. The molecule has 2 unspecified atom stereocenters. The van der Waals surface area contributed by atoms with Crippen LogP contribution >= 0.6 is 15.9 Å². The molecule has 6 heteroatoms. The third kappa shape index (κ3) is 2.12. The normalized spacial score (nSPS) is 23.9. The summed E-state index contributed by atoms with van der Waals surface area (Å²) in [6, 6.07) is 2.97. The summed E-state index contributed by atoms with van der Waals surface area (Å²) >= 11 is 3.18. The van der Waals surface area contributed by atoms with E-state index in [2.05, 4.69) is 20.9 Å². The van der Waals surface area contributed by atoms with Crippen LogP contribution in [-0.2, 0) is 0 Å². The average molecular weight is 328 g/mol. The molecule has 0 amide bonds. The lowest BCUT2D eigenvalue weighted by molar-refractivity contribution is 0.0783. The highest BCUT2D eigenvalue weighted by atomic mass is 79.9. The van der Waals surface area contributed by atoms with Crippen molar-refractivity contribution in [3.63, 3.8) is 0 Å². The van der Waals surface area contributed by atoms with Gasteiger partial charge in [-0.15, -0.1) is 0 Å². The van der Waals surface area contributed by atoms with Crippen molar-refractivity contribution in [2.45, 2.75) is 37.8 Å². The van der Waals surface area contributed by atoms with Gasteiger partial charge in [-0.25, -0.2) is 9.37 Å². The minimum atomic E-state index is -0.419. The second-order valence-corrected chi connectivity index (χ2v) is 5.87. The zero-order valence-corrected chi connectivity index (χ0v) is 11.9. The standard InChI is InChI=1S/C13H15BrFN3O/c14-7-5-11-9(6-8(7)15)17-13(16)18(11)10-3-1-2-4-12(10)19/h5-6,10,12,19H,1-4H2,(H2,16,17). The Morgan fingerprint density at radius 1 is 1.37 bits per heavy atom. The van der Waals surface area contributed by atoms with E-state index in [1.165, 1.54) is 6.07 Å². The molecule has 1 saturated carbocycles. The van der Waals surface area contributed by atoms with Gasteiger partial charge in [0.2, 0.25) is 5.95 Å². The summed E-state index contributed by atoms with van der Waals surface area (Å²) in [5, 5.41) is 10.2. The molecule has 0 bridgehead atoms. The van der Waals surface area contributed by atoms with Crippen LogP contribution in [0.5, 0.6) is 0 Å². The summed E-state index contributed by atoms with van der Waals surface area (Å²) in [5.74, 6) is -0.0280. The molecule has 102 valence electrons. The van der Waals surface area contributed by atoms with E-state index in [1.807, 2.05) is 4.57 Å². The van der Waals surface area contributed by atoms with Crippen molar-refractivity contribution in [1.82, 2.24) is 9.55 Å². The molecule has 1 aliphatic carbocycles. The fourth-order valence-electron chi connectivity index (χ4n) is 2.85. The molecule has 1 heterocycles. The third-order valence-electron chi connectivity index (χ3n) is 3.78. The molecule has 3 N–H and O–H groups in total. The van der Waals surface area contributed by atoms with Gasteiger partial charge < -0.3 is 15.4 Å². The van der Waals surface area contributed by atoms with Crippen molar-refractivity contribution in [2.75, 3.05) is 5.73 Å². The van der Waals surface area contributed by atoms with Gasteiger partial charge in [-0.3, -0.25) is 0 Å². The van der Waals surface area contributed by atoms with Crippen molar-refractivity contribution in [3.8, 4) is 0 Å². The van der Waals surface area contributed by atoms with E-state index in [-0.39, 0.29) is 11.9 Å². The number of halogens is 2. The number of hydrogen-bond acceptors (Lipinski definition) is 3. The van der Waals surface area contributed by atoms with Gasteiger partial charge in [-0.2, -0.15) is 0 Å². The molecule has 1 aromatic carbocycles. The topological polar surface area (TPSA) is 64.1 Å². The van der Waals surface area contributed by atoms with E-state index in [1.54, 1.807) is 6.07 Å². The minimum absolute atomic E-state index is 0.0730. The molecule has 1 fully saturated rings. The number of anilines is 1. The van der Waals surface area contributed by atoms with E-state index < -0.39 is 6.10 Å². The fraction of sp³-hybridized carbons (Fsp3) is 0.462. The highest BCUT2D eigenvalue weighted by Gasteiger charge is 2.28. The molecule has 19 heavy (non-hydrogen) atoms. The summed E-state index contributed by atoms with van der Waals surface area (Å²) in [4.78, 5) is 4.19. The second kappa shape index (κ2) is 4.76. The van der Waals surface area contributed by atoms with Crippen LogP contribution in [0.2, 0.25) is 0 Å². The Kier molecular flexibility index (Phi) is 3.22. The summed E-state index contributed by atoms with van der Waals surface area (Å²) in [7, 11) is 0. The lowest BCUT2D eigenvalue weighted by atomic mass is 9.92. The lowest BCUT2D eigenvalue weighted by Crippen LogP contribution is -2.28. The Bertz CT molecular complexity index is 628. The zero-order chi connectivity index (χ0) is 13.6. The highest BCUT2D eigenvalue weighted by Crippen LogP contribution is 2.35. The van der Waals surface area contributed by atoms with E-state index in [0.29, 0.717) is 15.9 Å². The number of hydrogen-bond donors (Lipinski definition) is 2. The third-order valence-corrected chi connectivity index (χ3v) is 4.39. The summed E-state index contributed by atoms with van der Waals surface area (Å²) in [6.07, 6.45) is 3.31. The minimum Gasteiger partial charge on any atom is -0.391 e. The molecule has 3 rings (SSSR count). The van der Waals surface area contributed by atoms with Gasteiger partial charge in [0.15, 0.2) is 0 Å². The Labute approximate surface area is 118 Å². The van der Waals surface area contributed by atoms with Crippen molar-refractivity contribution >= 4 is 32.9 Å². The van der Waals surface area contributed by atoms with Gasteiger partial charge in [0.05, 0.1) is 27.7 Å². The quantitative estimate of drug-likeness (QED) is 0.846. The van der Waals surface area contributed by atoms with Crippen LogP contribution in [0.3, 0.4) is 0 Å². The highest BCUT2D eigenvalue weighted by molar-refractivity contribution is 9.10. The molecular formula is C13H15BrFN3O.